The molecule has 0 aliphatic rings. The second-order valence-corrected chi connectivity index (χ2v) is 6.65. The van der Waals surface area contributed by atoms with Gasteiger partial charge in [0.25, 0.3) is 0 Å². The second-order valence-electron chi connectivity index (χ2n) is 6.65. The number of nitrogen functional groups attached to an aromatic ring is 1. The van der Waals surface area contributed by atoms with Crippen molar-refractivity contribution in [1.82, 2.24) is 15.0 Å². The topological polar surface area (TPSA) is 90.4 Å². The Labute approximate surface area is 163 Å². The Morgan fingerprint density at radius 3 is 2.61 bits per heavy atom. The number of hydrogen-bond donors (Lipinski definition) is 3. The average molecular weight is 383 g/mol. The maximum atomic E-state index is 13.9. The molecule has 0 saturated heterocycles. The predicted molar refractivity (Wildman–Crippen MR) is 106 cm³/mol. The van der Waals surface area contributed by atoms with Gasteiger partial charge >= 0.3 is 0 Å². The molecule has 0 saturated carbocycles. The van der Waals surface area contributed by atoms with E-state index in [-0.39, 0.29) is 17.5 Å². The Balaban J connectivity index is 1.70. The van der Waals surface area contributed by atoms with Crippen LogP contribution in [0.5, 0.6) is 5.75 Å². The summed E-state index contributed by atoms with van der Waals surface area (Å²) >= 11 is 0. The average Bonchev–Trinajstić information content (AvgIpc) is 2.63. The quantitative estimate of drug-likeness (QED) is 0.577. The third-order valence-corrected chi connectivity index (χ3v) is 4.27. The largest absolute Gasteiger partial charge is 0.494 e. The van der Waals surface area contributed by atoms with Gasteiger partial charge in [-0.3, -0.25) is 0 Å². The monoisotopic (exact) mass is 383 g/mol. The number of nitrogens with one attached hydrogen (secondary N) is 2. The Kier molecular flexibility index (Phi) is 6.00. The van der Waals surface area contributed by atoms with E-state index >= 15 is 0 Å². The van der Waals surface area contributed by atoms with Crippen molar-refractivity contribution in [3.63, 3.8) is 0 Å². The molecule has 3 rings (SSSR count). The van der Waals surface area contributed by atoms with Gasteiger partial charge in [0.2, 0.25) is 11.9 Å². The molecule has 28 heavy (non-hydrogen) atoms. The van der Waals surface area contributed by atoms with Crippen molar-refractivity contribution in [3.05, 3.63) is 65.2 Å². The molecule has 2 aromatic carbocycles. The fraction of sp³-hybridized carbons (Fsp3) is 0.250. The molecule has 0 fully saturated rings. The Hall–Kier alpha value is -3.26. The number of anilines is 3. The van der Waals surface area contributed by atoms with Crippen LogP contribution in [0.4, 0.5) is 22.0 Å². The highest BCUT2D eigenvalue weighted by molar-refractivity contribution is 5.58. The molecule has 7 nitrogen and oxygen atoms in total. The first kappa shape index (κ1) is 19.5. The van der Waals surface area contributed by atoms with Gasteiger partial charge in [0.15, 0.2) is 17.4 Å². The number of methoxy groups -OCH3 is 1. The van der Waals surface area contributed by atoms with Gasteiger partial charge in [-0.25, -0.2) is 4.39 Å². The molecule has 0 aliphatic carbocycles. The summed E-state index contributed by atoms with van der Waals surface area (Å²) in [5, 5.41) is 3.18. The lowest BCUT2D eigenvalue weighted by atomic mass is 10.2. The van der Waals surface area contributed by atoms with Crippen LogP contribution in [-0.4, -0.2) is 29.1 Å². The molecule has 146 valence electrons. The fourth-order valence-corrected chi connectivity index (χ4v) is 2.91. The van der Waals surface area contributed by atoms with Gasteiger partial charge in [0.1, 0.15) is 13.1 Å². The van der Waals surface area contributed by atoms with Gasteiger partial charge in [-0.15, -0.1) is 0 Å². The van der Waals surface area contributed by atoms with Crippen LogP contribution in [0.15, 0.2) is 42.5 Å². The number of quaternary nitrogens is 1. The molecule has 0 spiro atoms. The lowest BCUT2D eigenvalue weighted by Crippen LogP contribution is -3.06. The number of hydrogen-bond acceptors (Lipinski definition) is 6. The summed E-state index contributed by atoms with van der Waals surface area (Å²) < 4.78 is 18.8. The van der Waals surface area contributed by atoms with Gasteiger partial charge in [-0.2, -0.15) is 15.0 Å². The Bertz CT molecular complexity index is 965. The van der Waals surface area contributed by atoms with Gasteiger partial charge in [-0.1, -0.05) is 18.2 Å². The zero-order valence-electron chi connectivity index (χ0n) is 16.2. The Morgan fingerprint density at radius 2 is 1.89 bits per heavy atom. The minimum Gasteiger partial charge on any atom is -0.494 e. The molecule has 1 unspecified atom stereocenters. The van der Waals surface area contributed by atoms with E-state index in [1.54, 1.807) is 6.07 Å². The molecule has 8 heteroatoms. The number of aryl methyl sites for hydroxylation is 1. The number of nitrogens with two attached hydrogens (primary N) is 1. The molecule has 3 aromatic rings. The zero-order chi connectivity index (χ0) is 20.1. The summed E-state index contributed by atoms with van der Waals surface area (Å²) in [6.07, 6.45) is 0. The normalized spacial score (nSPS) is 11.9. The lowest BCUT2D eigenvalue weighted by molar-refractivity contribution is -0.908. The van der Waals surface area contributed by atoms with Crippen molar-refractivity contribution in [1.29, 1.82) is 0 Å². The molecule has 0 radical (unpaired) electrons. The number of benzene rings is 2. The first-order chi connectivity index (χ1) is 13.4. The maximum Gasteiger partial charge on any atom is 0.232 e. The molecule has 0 bridgehead atoms. The fourth-order valence-electron chi connectivity index (χ4n) is 2.91. The summed E-state index contributed by atoms with van der Waals surface area (Å²) in [4.78, 5) is 13.9. The second kappa shape index (κ2) is 8.62. The summed E-state index contributed by atoms with van der Waals surface area (Å²) in [5.41, 5.74) is 8.70. The van der Waals surface area contributed by atoms with E-state index in [1.807, 2.05) is 44.3 Å². The molecular formula is C20H24FN6O+. The molecule has 1 heterocycles. The first-order valence-electron chi connectivity index (χ1n) is 8.91. The summed E-state index contributed by atoms with van der Waals surface area (Å²) in [5.74, 6) is 0.986. The van der Waals surface area contributed by atoms with Crippen LogP contribution >= 0.6 is 0 Å². The number of nitrogens with zero attached hydrogens (tertiary/aromatic N) is 3. The lowest BCUT2D eigenvalue weighted by Gasteiger charge is -2.15. The molecule has 1 atom stereocenters. The predicted octanol–water partition coefficient (Wildman–Crippen LogP) is 1.87. The van der Waals surface area contributed by atoms with Crippen LogP contribution < -0.4 is 20.7 Å². The van der Waals surface area contributed by atoms with Crippen LogP contribution in [0.2, 0.25) is 0 Å². The molecule has 4 N–H and O–H groups in total. The zero-order valence-corrected chi connectivity index (χ0v) is 16.2. The van der Waals surface area contributed by atoms with E-state index in [9.17, 15) is 4.39 Å². The van der Waals surface area contributed by atoms with Crippen molar-refractivity contribution in [2.75, 3.05) is 25.2 Å². The van der Waals surface area contributed by atoms with Gasteiger partial charge in [0.05, 0.1) is 14.2 Å². The first-order valence-corrected chi connectivity index (χ1v) is 8.91. The SMILES string of the molecule is COc1ccc(C[NH+](C)Cc2nc(N)nc(Nc3ccccc3C)n2)cc1F. The van der Waals surface area contributed by atoms with Crippen molar-refractivity contribution in [3.8, 4) is 5.75 Å². The smallest absolute Gasteiger partial charge is 0.232 e. The number of para-hydroxylation sites is 1. The Morgan fingerprint density at radius 1 is 1.11 bits per heavy atom. The number of halogens is 1. The molecule has 1 aromatic heterocycles. The van der Waals surface area contributed by atoms with Crippen LogP contribution in [-0.2, 0) is 13.1 Å². The van der Waals surface area contributed by atoms with Crippen LogP contribution in [0.3, 0.4) is 0 Å². The van der Waals surface area contributed by atoms with Crippen LogP contribution in [0.25, 0.3) is 0 Å². The molecule has 0 amide bonds. The number of ether oxygens (including phenoxy) is 1. The van der Waals surface area contributed by atoms with Gasteiger partial charge < -0.3 is 20.7 Å². The van der Waals surface area contributed by atoms with E-state index in [4.69, 9.17) is 10.5 Å². The highest BCUT2D eigenvalue weighted by atomic mass is 19.1. The third-order valence-electron chi connectivity index (χ3n) is 4.27. The van der Waals surface area contributed by atoms with Gasteiger partial charge in [0, 0.05) is 11.3 Å². The minimum absolute atomic E-state index is 0.157. The summed E-state index contributed by atoms with van der Waals surface area (Å²) in [6, 6.07) is 12.8. The summed E-state index contributed by atoms with van der Waals surface area (Å²) in [6.45, 7) is 3.12. The summed E-state index contributed by atoms with van der Waals surface area (Å²) in [7, 11) is 3.43. The van der Waals surface area contributed by atoms with Gasteiger partial charge in [-0.05, 0) is 36.8 Å². The molecular weight excluding hydrogens is 359 g/mol. The highest BCUT2D eigenvalue weighted by Crippen LogP contribution is 2.18. The van der Waals surface area contributed by atoms with E-state index in [0.717, 1.165) is 21.7 Å². The maximum absolute atomic E-state index is 13.9. The third kappa shape index (κ3) is 4.92. The van der Waals surface area contributed by atoms with Crippen LogP contribution in [0.1, 0.15) is 17.0 Å². The highest BCUT2D eigenvalue weighted by Gasteiger charge is 2.13. The standard InChI is InChI=1S/C20H23FN6O/c1-13-6-4-5-7-16(13)23-20-25-18(24-19(22)26-20)12-27(2)11-14-8-9-17(28-3)15(21)10-14/h4-10H,11-12H2,1-3H3,(H3,22,23,24,25,26)/p+1. The molecule has 0 aliphatic heterocycles. The van der Waals surface area contributed by atoms with Crippen molar-refractivity contribution < 1.29 is 14.0 Å². The van der Waals surface area contributed by atoms with Crippen LogP contribution in [0, 0.1) is 12.7 Å². The number of rotatable bonds is 7. The van der Waals surface area contributed by atoms with Crippen molar-refractivity contribution in [2.45, 2.75) is 20.0 Å². The van der Waals surface area contributed by atoms with Crippen molar-refractivity contribution >= 4 is 17.6 Å². The van der Waals surface area contributed by atoms with E-state index < -0.39 is 0 Å². The van der Waals surface area contributed by atoms with E-state index in [1.165, 1.54) is 13.2 Å². The van der Waals surface area contributed by atoms with E-state index in [2.05, 4.69) is 20.3 Å². The van der Waals surface area contributed by atoms with E-state index in [0.29, 0.717) is 24.9 Å². The van der Waals surface area contributed by atoms with Crippen molar-refractivity contribution in [2.24, 2.45) is 0 Å². The minimum atomic E-state index is -0.373. The number of aromatic nitrogens is 3.